The number of halogens is 1. The van der Waals surface area contributed by atoms with E-state index in [1.165, 1.54) is 0 Å². The molecule has 2 fully saturated rings. The maximum Gasteiger partial charge on any atom is 0.187 e. The highest BCUT2D eigenvalue weighted by Gasteiger charge is 2.41. The van der Waals surface area contributed by atoms with E-state index in [-0.39, 0.29) is 6.61 Å². The number of fused-ring (bicyclic) bond motifs is 2. The zero-order valence-electron chi connectivity index (χ0n) is 13.5. The number of anilines is 3. The third-order valence-corrected chi connectivity index (χ3v) is 5.77. The van der Waals surface area contributed by atoms with E-state index < -0.39 is 0 Å². The molecule has 4 rings (SSSR count). The fourth-order valence-corrected chi connectivity index (χ4v) is 4.74. The summed E-state index contributed by atoms with van der Waals surface area (Å²) in [6, 6.07) is 2.64. The summed E-state index contributed by atoms with van der Waals surface area (Å²) in [6.07, 6.45) is 3.90. The number of aromatic nitrogens is 2. The lowest BCUT2D eigenvalue weighted by Gasteiger charge is -2.42. The summed E-state index contributed by atoms with van der Waals surface area (Å²) in [4.78, 5) is 13.4. The molecule has 130 valence electrons. The van der Waals surface area contributed by atoms with Crippen LogP contribution in [-0.2, 0) is 0 Å². The number of thiazole rings is 1. The topological polar surface area (TPSA) is 78.5 Å². The van der Waals surface area contributed by atoms with E-state index in [1.807, 2.05) is 11.4 Å². The fraction of sp³-hybridized carbons (Fsp3) is 0.412. The molecule has 2 aromatic heterocycles. The molecule has 4 heterocycles. The zero-order chi connectivity index (χ0) is 17.4. The first kappa shape index (κ1) is 16.5. The number of nitrogen functional groups attached to an aromatic ring is 1. The van der Waals surface area contributed by atoms with E-state index in [0.717, 1.165) is 42.4 Å². The van der Waals surface area contributed by atoms with Gasteiger partial charge in [-0.05, 0) is 18.8 Å². The minimum absolute atomic E-state index is 0.146. The van der Waals surface area contributed by atoms with Gasteiger partial charge < -0.3 is 20.6 Å². The van der Waals surface area contributed by atoms with Gasteiger partial charge in [-0.3, -0.25) is 0 Å². The van der Waals surface area contributed by atoms with Crippen molar-refractivity contribution in [3.05, 3.63) is 28.5 Å². The highest BCUT2D eigenvalue weighted by atomic mass is 35.5. The number of aliphatic hydroxyl groups is 1. The van der Waals surface area contributed by atoms with Crippen LogP contribution in [0.25, 0.3) is 0 Å². The standard InChI is InChI=1S/C17H18ClN5OS/c18-16-6-15(14(19)7-20-16)22-8-12-3-4-13(9-22)23(12)17-21-11(10-25-17)2-1-5-24/h6-7,10,12-13,24H,3-5,8-9,19H2. The predicted molar refractivity (Wildman–Crippen MR) is 101 cm³/mol. The van der Waals surface area contributed by atoms with E-state index >= 15 is 0 Å². The van der Waals surface area contributed by atoms with Crippen LogP contribution >= 0.6 is 22.9 Å². The van der Waals surface area contributed by atoms with Crippen molar-refractivity contribution < 1.29 is 5.11 Å². The van der Waals surface area contributed by atoms with Gasteiger partial charge in [0.25, 0.3) is 0 Å². The van der Waals surface area contributed by atoms with E-state index in [4.69, 9.17) is 22.4 Å². The van der Waals surface area contributed by atoms with Gasteiger partial charge in [-0.1, -0.05) is 17.5 Å². The highest BCUT2D eigenvalue weighted by Crippen LogP contribution is 2.39. The molecule has 0 saturated carbocycles. The lowest BCUT2D eigenvalue weighted by Crippen LogP contribution is -2.54. The van der Waals surface area contributed by atoms with Crippen molar-refractivity contribution in [1.82, 2.24) is 9.97 Å². The van der Waals surface area contributed by atoms with Crippen LogP contribution in [0.15, 0.2) is 17.6 Å². The number of pyridine rings is 1. The van der Waals surface area contributed by atoms with Gasteiger partial charge in [0.15, 0.2) is 5.13 Å². The quantitative estimate of drug-likeness (QED) is 0.617. The minimum atomic E-state index is -0.146. The van der Waals surface area contributed by atoms with Crippen molar-refractivity contribution in [1.29, 1.82) is 0 Å². The Hall–Kier alpha value is -2.01. The van der Waals surface area contributed by atoms with Crippen molar-refractivity contribution in [2.24, 2.45) is 0 Å². The zero-order valence-corrected chi connectivity index (χ0v) is 15.1. The minimum Gasteiger partial charge on any atom is -0.396 e. The fourth-order valence-electron chi connectivity index (χ4n) is 3.69. The molecule has 0 radical (unpaired) electrons. The summed E-state index contributed by atoms with van der Waals surface area (Å²) >= 11 is 7.66. The molecular formula is C17H18ClN5OS. The van der Waals surface area contributed by atoms with Crippen LogP contribution in [-0.4, -0.2) is 46.9 Å². The van der Waals surface area contributed by atoms with Crippen molar-refractivity contribution in [2.75, 3.05) is 35.2 Å². The average molecular weight is 376 g/mol. The lowest BCUT2D eigenvalue weighted by molar-refractivity contribution is 0.350. The molecule has 2 atom stereocenters. The maximum absolute atomic E-state index is 8.82. The van der Waals surface area contributed by atoms with Gasteiger partial charge in [-0.25, -0.2) is 9.97 Å². The number of nitrogens with two attached hydrogens (primary N) is 1. The first-order chi connectivity index (χ1) is 12.2. The van der Waals surface area contributed by atoms with Crippen LogP contribution in [0.2, 0.25) is 5.15 Å². The Balaban J connectivity index is 1.56. The van der Waals surface area contributed by atoms with E-state index in [0.29, 0.717) is 22.9 Å². The number of aliphatic hydroxyl groups excluding tert-OH is 1. The Morgan fingerprint density at radius 2 is 2.12 bits per heavy atom. The molecule has 2 aliphatic rings. The number of nitrogens with zero attached hydrogens (tertiary/aromatic N) is 4. The maximum atomic E-state index is 8.82. The Morgan fingerprint density at radius 3 is 2.84 bits per heavy atom. The average Bonchev–Trinajstić information content (AvgIpc) is 3.16. The predicted octanol–water partition coefficient (Wildman–Crippen LogP) is 1.98. The van der Waals surface area contributed by atoms with Crippen molar-refractivity contribution in [3.8, 4) is 11.8 Å². The molecule has 2 bridgehead atoms. The Bertz CT molecular complexity index is 831. The largest absolute Gasteiger partial charge is 0.396 e. The SMILES string of the molecule is Nc1cnc(Cl)cc1N1CC2CCC(C1)N2c1nc(C#CCO)cs1. The van der Waals surface area contributed by atoms with E-state index in [2.05, 4.69) is 31.6 Å². The molecule has 2 aliphatic heterocycles. The van der Waals surface area contributed by atoms with Crippen LogP contribution in [0.1, 0.15) is 18.5 Å². The van der Waals surface area contributed by atoms with Gasteiger partial charge >= 0.3 is 0 Å². The first-order valence-electron chi connectivity index (χ1n) is 8.15. The Kier molecular flexibility index (Phi) is 4.42. The molecule has 2 unspecified atom stereocenters. The summed E-state index contributed by atoms with van der Waals surface area (Å²) in [5, 5.41) is 12.2. The van der Waals surface area contributed by atoms with Gasteiger partial charge in [0.1, 0.15) is 17.5 Å². The monoisotopic (exact) mass is 375 g/mol. The normalized spacial score (nSPS) is 22.0. The summed E-state index contributed by atoms with van der Waals surface area (Å²) < 4.78 is 0. The number of hydrogen-bond acceptors (Lipinski definition) is 7. The molecule has 6 nitrogen and oxygen atoms in total. The molecular weight excluding hydrogens is 358 g/mol. The molecule has 8 heteroatoms. The van der Waals surface area contributed by atoms with Crippen molar-refractivity contribution in [3.63, 3.8) is 0 Å². The molecule has 2 saturated heterocycles. The second kappa shape index (κ2) is 6.71. The first-order valence-corrected chi connectivity index (χ1v) is 9.41. The van der Waals surface area contributed by atoms with Crippen molar-refractivity contribution in [2.45, 2.75) is 24.9 Å². The van der Waals surface area contributed by atoms with Crippen LogP contribution < -0.4 is 15.5 Å². The van der Waals surface area contributed by atoms with Crippen molar-refractivity contribution >= 4 is 39.4 Å². The molecule has 0 aliphatic carbocycles. The van der Waals surface area contributed by atoms with Gasteiger partial charge in [0.2, 0.25) is 0 Å². The molecule has 0 amide bonds. The highest BCUT2D eigenvalue weighted by molar-refractivity contribution is 7.13. The van der Waals surface area contributed by atoms with Gasteiger partial charge in [-0.2, -0.15) is 0 Å². The Morgan fingerprint density at radius 1 is 1.36 bits per heavy atom. The second-order valence-electron chi connectivity index (χ2n) is 6.24. The van der Waals surface area contributed by atoms with Gasteiger partial charge in [0, 0.05) is 36.6 Å². The third kappa shape index (κ3) is 3.13. The Labute approximate surface area is 155 Å². The lowest BCUT2D eigenvalue weighted by atomic mass is 10.1. The number of rotatable bonds is 2. The smallest absolute Gasteiger partial charge is 0.187 e. The summed E-state index contributed by atoms with van der Waals surface area (Å²) in [7, 11) is 0. The molecule has 0 spiro atoms. The van der Waals surface area contributed by atoms with Gasteiger partial charge in [-0.15, -0.1) is 11.3 Å². The summed E-state index contributed by atoms with van der Waals surface area (Å²) in [6.45, 7) is 1.63. The van der Waals surface area contributed by atoms with Gasteiger partial charge in [0.05, 0.1) is 17.6 Å². The third-order valence-electron chi connectivity index (χ3n) is 4.71. The van der Waals surface area contributed by atoms with Crippen LogP contribution in [0.5, 0.6) is 0 Å². The molecule has 0 aromatic carbocycles. The number of hydrogen-bond donors (Lipinski definition) is 2. The molecule has 25 heavy (non-hydrogen) atoms. The van der Waals surface area contributed by atoms with E-state index in [1.54, 1.807) is 17.5 Å². The number of piperazine rings is 1. The molecule has 2 aromatic rings. The summed E-state index contributed by atoms with van der Waals surface area (Å²) in [5.74, 6) is 5.53. The van der Waals surface area contributed by atoms with Crippen LogP contribution in [0.4, 0.5) is 16.5 Å². The second-order valence-corrected chi connectivity index (χ2v) is 7.46. The molecule has 3 N–H and O–H groups in total. The van der Waals surface area contributed by atoms with Crippen LogP contribution in [0.3, 0.4) is 0 Å². The summed E-state index contributed by atoms with van der Waals surface area (Å²) in [5.41, 5.74) is 8.45. The van der Waals surface area contributed by atoms with E-state index in [9.17, 15) is 0 Å². The van der Waals surface area contributed by atoms with Crippen LogP contribution in [0, 0.1) is 11.8 Å².